The van der Waals surface area contributed by atoms with E-state index in [4.69, 9.17) is 1.37 Å². The van der Waals surface area contributed by atoms with Crippen molar-refractivity contribution in [1.82, 2.24) is 0 Å². The Balaban J connectivity index is 2.56. The summed E-state index contributed by atoms with van der Waals surface area (Å²) in [5, 5.41) is 1.60. The minimum Gasteiger partial charge on any atom is -0.207 e. The van der Waals surface area contributed by atoms with Crippen LogP contribution < -0.4 is 4.57 Å². The molecule has 2 heteroatoms. The number of aryl methyl sites for hydroxylation is 3. The van der Waals surface area contributed by atoms with Crippen LogP contribution in [-0.2, 0) is 7.05 Å². The molecule has 118 valence electrons. The third-order valence-electron chi connectivity index (χ3n) is 4.77. The van der Waals surface area contributed by atoms with Gasteiger partial charge in [0.1, 0.15) is 12.9 Å². The Hall–Kier alpha value is -2.22. The van der Waals surface area contributed by atoms with Crippen molar-refractivity contribution >= 4 is 10.8 Å². The highest BCUT2D eigenvalue weighted by Crippen LogP contribution is 2.32. The molecule has 0 aliphatic carbocycles. The number of rotatable bonds is 1. The first-order chi connectivity index (χ1) is 11.2. The molecular weight excluding hydrogens is 285 g/mol. The van der Waals surface area contributed by atoms with Gasteiger partial charge in [0.2, 0.25) is 5.69 Å². The zero-order chi connectivity index (χ0) is 17.8. The Morgan fingerprint density at radius 1 is 0.957 bits per heavy atom. The summed E-state index contributed by atoms with van der Waals surface area (Å²) in [6.45, 7) is 9.98. The summed E-state index contributed by atoms with van der Waals surface area (Å²) < 4.78 is 24.8. The van der Waals surface area contributed by atoms with E-state index in [-0.39, 0.29) is 5.82 Å². The summed E-state index contributed by atoms with van der Waals surface area (Å²) in [5.74, 6) is -0.228. The predicted molar refractivity (Wildman–Crippen MR) is 94.2 cm³/mol. The van der Waals surface area contributed by atoms with Crippen molar-refractivity contribution < 1.29 is 10.3 Å². The third kappa shape index (κ3) is 2.52. The average Bonchev–Trinajstić information content (AvgIpc) is 2.52. The van der Waals surface area contributed by atoms with Crippen LogP contribution in [0.15, 0.2) is 30.3 Å². The van der Waals surface area contributed by atoms with E-state index < -0.39 is 0 Å². The van der Waals surface area contributed by atoms with Crippen LogP contribution in [0.1, 0.15) is 29.3 Å². The van der Waals surface area contributed by atoms with Gasteiger partial charge < -0.3 is 0 Å². The van der Waals surface area contributed by atoms with Crippen molar-refractivity contribution in [3.05, 3.63) is 64.1 Å². The fourth-order valence-corrected chi connectivity index (χ4v) is 3.22. The molecular formula is C21H23FN+. The number of pyridine rings is 1. The average molecular weight is 309 g/mol. The maximum atomic E-state index is 14.3. The molecule has 2 aromatic carbocycles. The highest BCUT2D eigenvalue weighted by molar-refractivity contribution is 5.94. The summed E-state index contributed by atoms with van der Waals surface area (Å²) in [7, 11) is 1.96. The lowest BCUT2D eigenvalue weighted by Gasteiger charge is -2.13. The molecule has 0 fully saturated rings. The first kappa shape index (κ1) is 14.4. The Bertz CT molecular complexity index is 990. The van der Waals surface area contributed by atoms with Gasteiger partial charge in [-0.05, 0) is 68.0 Å². The van der Waals surface area contributed by atoms with Crippen LogP contribution in [0, 0.1) is 40.4 Å². The molecule has 0 saturated heterocycles. The van der Waals surface area contributed by atoms with Gasteiger partial charge in [-0.2, -0.15) is 4.57 Å². The maximum Gasteiger partial charge on any atom is 0.220 e. The molecule has 0 aliphatic heterocycles. The molecule has 0 unspecified atom stereocenters. The molecule has 0 N–H and O–H groups in total. The van der Waals surface area contributed by atoms with E-state index in [0.717, 1.165) is 27.7 Å². The molecule has 0 spiro atoms. The van der Waals surface area contributed by atoms with E-state index in [2.05, 4.69) is 32.9 Å². The zero-order valence-corrected chi connectivity index (χ0v) is 14.6. The summed E-state index contributed by atoms with van der Waals surface area (Å²) in [6.07, 6.45) is 0. The number of hydrogen-bond donors (Lipinski definition) is 0. The number of nitrogens with zero attached hydrogens (tertiary/aromatic N) is 1. The minimum atomic E-state index is -0.228. The van der Waals surface area contributed by atoms with Crippen molar-refractivity contribution in [2.45, 2.75) is 34.6 Å². The largest absolute Gasteiger partial charge is 0.220 e. The molecule has 3 aromatic rings. The van der Waals surface area contributed by atoms with E-state index in [0.29, 0.717) is 11.6 Å². The molecule has 23 heavy (non-hydrogen) atoms. The predicted octanol–water partition coefficient (Wildman–Crippen LogP) is 5.01. The molecule has 0 aliphatic rings. The molecule has 0 saturated carbocycles. The molecule has 1 nitrogen and oxygen atoms in total. The monoisotopic (exact) mass is 309 g/mol. The summed E-state index contributed by atoms with van der Waals surface area (Å²) in [6, 6.07) is 8.15. The fourth-order valence-electron chi connectivity index (χ4n) is 3.22. The number of aromatic nitrogens is 1. The van der Waals surface area contributed by atoms with Crippen molar-refractivity contribution in [3.8, 4) is 11.3 Å². The van der Waals surface area contributed by atoms with Gasteiger partial charge in [-0.3, -0.25) is 0 Å². The van der Waals surface area contributed by atoms with Gasteiger partial charge >= 0.3 is 0 Å². The first-order valence-corrected chi connectivity index (χ1v) is 7.89. The van der Waals surface area contributed by atoms with Crippen LogP contribution in [0.4, 0.5) is 4.39 Å². The quantitative estimate of drug-likeness (QED) is 0.556. The molecule has 0 amide bonds. The van der Waals surface area contributed by atoms with E-state index in [1.807, 2.05) is 18.5 Å². The summed E-state index contributed by atoms with van der Waals surface area (Å²) in [5.41, 5.74) is 7.12. The van der Waals surface area contributed by atoms with Gasteiger partial charge in [0.15, 0.2) is 5.69 Å². The topological polar surface area (TPSA) is 3.88 Å². The molecule has 0 radical (unpaired) electrons. The second-order valence-corrected chi connectivity index (χ2v) is 6.52. The Labute approximate surface area is 138 Å². The maximum absolute atomic E-state index is 14.3. The van der Waals surface area contributed by atoms with Crippen LogP contribution in [0.5, 0.6) is 0 Å². The van der Waals surface area contributed by atoms with Crippen molar-refractivity contribution in [2.75, 3.05) is 0 Å². The van der Waals surface area contributed by atoms with E-state index in [1.54, 1.807) is 19.1 Å². The molecule has 1 aromatic heterocycles. The SMILES string of the molecule is [2H]c1c(C)[n+](C)c(-c2cc(C)cc(C)c2C)c2cc(F)c(C)cc12. The lowest BCUT2D eigenvalue weighted by molar-refractivity contribution is -0.665. The normalized spacial score (nSPS) is 11.9. The summed E-state index contributed by atoms with van der Waals surface area (Å²) >= 11 is 0. The minimum absolute atomic E-state index is 0.228. The standard InChI is InChI=1S/C21H23FN/c1-12-7-13(2)16(5)18(8-12)21-19-11-20(22)14(3)9-17(19)10-15(4)23(21)6/h7-11H,1-6H3/q+1/i10D. The van der Waals surface area contributed by atoms with Crippen LogP contribution in [0.25, 0.3) is 22.0 Å². The second-order valence-electron chi connectivity index (χ2n) is 6.52. The van der Waals surface area contributed by atoms with Crippen LogP contribution in [0.3, 0.4) is 0 Å². The van der Waals surface area contributed by atoms with Crippen molar-refractivity contribution in [3.63, 3.8) is 0 Å². The van der Waals surface area contributed by atoms with Crippen LogP contribution in [0.2, 0.25) is 0 Å². The Morgan fingerprint density at radius 3 is 2.35 bits per heavy atom. The van der Waals surface area contributed by atoms with Gasteiger partial charge in [0, 0.05) is 13.0 Å². The zero-order valence-electron chi connectivity index (χ0n) is 15.6. The molecule has 1 heterocycles. The highest BCUT2D eigenvalue weighted by atomic mass is 19.1. The Kier molecular flexibility index (Phi) is 3.41. The molecule has 0 atom stereocenters. The van der Waals surface area contributed by atoms with Crippen molar-refractivity contribution in [2.24, 2.45) is 7.05 Å². The third-order valence-corrected chi connectivity index (χ3v) is 4.77. The van der Waals surface area contributed by atoms with Crippen LogP contribution >= 0.6 is 0 Å². The Morgan fingerprint density at radius 2 is 1.65 bits per heavy atom. The van der Waals surface area contributed by atoms with Gasteiger partial charge in [-0.15, -0.1) is 0 Å². The van der Waals surface area contributed by atoms with Gasteiger partial charge in [-0.1, -0.05) is 11.6 Å². The molecule has 3 rings (SSSR count). The number of halogens is 1. The van der Waals surface area contributed by atoms with Crippen molar-refractivity contribution in [1.29, 1.82) is 0 Å². The lowest BCUT2D eigenvalue weighted by atomic mass is 9.93. The molecule has 0 bridgehead atoms. The van der Waals surface area contributed by atoms with Gasteiger partial charge in [0.25, 0.3) is 0 Å². The van der Waals surface area contributed by atoms with Gasteiger partial charge in [-0.25, -0.2) is 4.39 Å². The number of hydrogen-bond acceptors (Lipinski definition) is 0. The second kappa shape index (κ2) is 5.45. The smallest absolute Gasteiger partial charge is 0.207 e. The summed E-state index contributed by atoms with van der Waals surface area (Å²) in [4.78, 5) is 0. The number of benzene rings is 2. The number of fused-ring (bicyclic) bond motifs is 1. The van der Waals surface area contributed by atoms with Gasteiger partial charge in [0.05, 0.1) is 12.3 Å². The van der Waals surface area contributed by atoms with E-state index in [9.17, 15) is 4.39 Å². The highest BCUT2D eigenvalue weighted by Gasteiger charge is 2.21. The lowest BCUT2D eigenvalue weighted by Crippen LogP contribution is -2.35. The van der Waals surface area contributed by atoms with E-state index >= 15 is 0 Å². The van der Waals surface area contributed by atoms with Crippen LogP contribution in [-0.4, -0.2) is 0 Å². The van der Waals surface area contributed by atoms with E-state index in [1.165, 1.54) is 16.7 Å². The first-order valence-electron chi connectivity index (χ1n) is 8.39. The fraction of sp³-hybridized carbons (Fsp3) is 0.286.